The average Bonchev–Trinajstić information content (AvgIpc) is 3.16. The lowest BCUT2D eigenvalue weighted by Crippen LogP contribution is -2.30. The van der Waals surface area contributed by atoms with Crippen LogP contribution in [0.1, 0.15) is 11.4 Å². The van der Waals surface area contributed by atoms with Crippen molar-refractivity contribution in [2.75, 3.05) is 14.2 Å². The van der Waals surface area contributed by atoms with Crippen molar-refractivity contribution in [3.63, 3.8) is 0 Å². The van der Waals surface area contributed by atoms with Gasteiger partial charge in [0.05, 0.1) is 18.1 Å². The Morgan fingerprint density at radius 3 is 2.35 bits per heavy atom. The van der Waals surface area contributed by atoms with Gasteiger partial charge >= 0.3 is 0 Å². The first-order valence-electron chi connectivity index (χ1n) is 10.1. The number of aromatic nitrogens is 2. The van der Waals surface area contributed by atoms with Gasteiger partial charge in [-0.2, -0.15) is 0 Å². The molecule has 0 aliphatic rings. The molecule has 4 aromatic rings. The van der Waals surface area contributed by atoms with Crippen LogP contribution < -0.4 is 9.47 Å². The van der Waals surface area contributed by atoms with Crippen molar-refractivity contribution in [2.24, 2.45) is 0 Å². The Morgan fingerprint density at radius 1 is 0.935 bits per heavy atom. The Morgan fingerprint density at radius 2 is 1.61 bits per heavy atom. The predicted molar refractivity (Wildman–Crippen MR) is 120 cm³/mol. The minimum atomic E-state index is 0.0118. The Kier molecular flexibility index (Phi) is 6.17. The van der Waals surface area contributed by atoms with E-state index in [9.17, 15) is 4.79 Å². The number of imidazole rings is 1. The molecule has 0 bridgehead atoms. The van der Waals surface area contributed by atoms with E-state index in [1.54, 1.807) is 12.0 Å². The van der Waals surface area contributed by atoms with E-state index >= 15 is 0 Å². The Balaban J connectivity index is 1.52. The molecule has 6 nitrogen and oxygen atoms in total. The fraction of sp³-hybridized carbons (Fsp3) is 0.200. The minimum Gasteiger partial charge on any atom is -0.497 e. The van der Waals surface area contributed by atoms with Gasteiger partial charge in [0, 0.05) is 13.6 Å². The fourth-order valence-corrected chi connectivity index (χ4v) is 3.43. The summed E-state index contributed by atoms with van der Waals surface area (Å²) in [4.78, 5) is 19.4. The van der Waals surface area contributed by atoms with E-state index in [1.165, 1.54) is 0 Å². The number of likely N-dealkylation sites (N-methyl/N-ethyl adjacent to an activating group) is 1. The van der Waals surface area contributed by atoms with Crippen LogP contribution in [0.3, 0.4) is 0 Å². The Labute approximate surface area is 181 Å². The highest BCUT2D eigenvalue weighted by atomic mass is 16.5. The van der Waals surface area contributed by atoms with Crippen LogP contribution in [-0.2, 0) is 24.5 Å². The number of hydrogen-bond donors (Lipinski definition) is 0. The largest absolute Gasteiger partial charge is 0.497 e. The molecule has 4 rings (SSSR count). The summed E-state index contributed by atoms with van der Waals surface area (Å²) in [5, 5.41) is 0. The quantitative estimate of drug-likeness (QED) is 0.431. The van der Waals surface area contributed by atoms with Crippen molar-refractivity contribution in [3.8, 4) is 11.5 Å². The normalized spacial score (nSPS) is 10.8. The number of hydrogen-bond acceptors (Lipinski definition) is 4. The first kappa shape index (κ1) is 20.5. The summed E-state index contributed by atoms with van der Waals surface area (Å²) in [5.74, 6) is 2.20. The molecule has 0 N–H and O–H groups in total. The summed E-state index contributed by atoms with van der Waals surface area (Å²) in [7, 11) is 3.45. The number of nitrogens with zero attached hydrogens (tertiary/aromatic N) is 3. The van der Waals surface area contributed by atoms with Crippen LogP contribution in [0.25, 0.3) is 11.0 Å². The maximum Gasteiger partial charge on any atom is 0.242 e. The van der Waals surface area contributed by atoms with Crippen molar-refractivity contribution in [3.05, 3.63) is 90.3 Å². The monoisotopic (exact) mass is 415 g/mol. The second kappa shape index (κ2) is 9.34. The number of rotatable bonds is 8. The van der Waals surface area contributed by atoms with Gasteiger partial charge in [0.2, 0.25) is 5.91 Å². The summed E-state index contributed by atoms with van der Waals surface area (Å²) >= 11 is 0. The molecule has 158 valence electrons. The third-order valence-electron chi connectivity index (χ3n) is 5.14. The molecule has 1 aromatic heterocycles. The predicted octanol–water partition coefficient (Wildman–Crippen LogP) is 4.28. The zero-order valence-electron chi connectivity index (χ0n) is 17.7. The van der Waals surface area contributed by atoms with E-state index in [-0.39, 0.29) is 19.1 Å². The molecule has 0 spiro atoms. The lowest BCUT2D eigenvalue weighted by atomic mass is 10.2. The molecular formula is C25H25N3O3. The summed E-state index contributed by atoms with van der Waals surface area (Å²) < 4.78 is 13.1. The van der Waals surface area contributed by atoms with Crippen LogP contribution >= 0.6 is 0 Å². The van der Waals surface area contributed by atoms with E-state index < -0.39 is 0 Å². The maximum atomic E-state index is 13.0. The zero-order chi connectivity index (χ0) is 21.6. The maximum absolute atomic E-state index is 13.0. The summed E-state index contributed by atoms with van der Waals surface area (Å²) in [6.45, 7) is 1.02. The van der Waals surface area contributed by atoms with Crippen LogP contribution in [0.4, 0.5) is 0 Å². The van der Waals surface area contributed by atoms with Gasteiger partial charge in [-0.25, -0.2) is 4.98 Å². The van der Waals surface area contributed by atoms with Gasteiger partial charge in [0.1, 0.15) is 30.5 Å². The highest BCUT2D eigenvalue weighted by Gasteiger charge is 2.17. The van der Waals surface area contributed by atoms with Crippen LogP contribution in [0.2, 0.25) is 0 Å². The molecular weight excluding hydrogens is 390 g/mol. The zero-order valence-corrected chi connectivity index (χ0v) is 17.7. The number of fused-ring (bicyclic) bond motifs is 1. The van der Waals surface area contributed by atoms with Gasteiger partial charge in [0.15, 0.2) is 0 Å². The molecule has 0 atom stereocenters. The van der Waals surface area contributed by atoms with Crippen molar-refractivity contribution in [1.82, 2.24) is 14.5 Å². The molecule has 1 amide bonds. The van der Waals surface area contributed by atoms with Gasteiger partial charge in [-0.15, -0.1) is 0 Å². The van der Waals surface area contributed by atoms with Crippen LogP contribution in [0.15, 0.2) is 78.9 Å². The summed E-state index contributed by atoms with van der Waals surface area (Å²) in [5.41, 5.74) is 2.85. The second-order valence-electron chi connectivity index (χ2n) is 7.30. The molecule has 31 heavy (non-hydrogen) atoms. The smallest absolute Gasteiger partial charge is 0.242 e. The van der Waals surface area contributed by atoms with E-state index in [4.69, 9.17) is 14.5 Å². The van der Waals surface area contributed by atoms with Gasteiger partial charge in [-0.3, -0.25) is 4.79 Å². The van der Waals surface area contributed by atoms with E-state index in [1.807, 2.05) is 90.5 Å². The van der Waals surface area contributed by atoms with Crippen LogP contribution in [0, 0.1) is 0 Å². The number of para-hydroxylation sites is 2. The first-order chi connectivity index (χ1) is 15.1. The van der Waals surface area contributed by atoms with Gasteiger partial charge in [-0.1, -0.05) is 42.5 Å². The van der Waals surface area contributed by atoms with Crippen molar-refractivity contribution in [1.29, 1.82) is 0 Å². The van der Waals surface area contributed by atoms with E-state index in [0.717, 1.165) is 22.3 Å². The van der Waals surface area contributed by atoms with E-state index in [0.29, 0.717) is 18.1 Å². The number of ether oxygens (including phenoxy) is 2. The van der Waals surface area contributed by atoms with Crippen molar-refractivity contribution < 1.29 is 14.3 Å². The first-order valence-corrected chi connectivity index (χ1v) is 10.1. The lowest BCUT2D eigenvalue weighted by Gasteiger charge is -2.19. The van der Waals surface area contributed by atoms with Gasteiger partial charge in [-0.05, 0) is 42.0 Å². The third kappa shape index (κ3) is 4.86. The van der Waals surface area contributed by atoms with Crippen LogP contribution in [-0.4, -0.2) is 34.5 Å². The molecule has 0 aliphatic carbocycles. The molecule has 3 aromatic carbocycles. The average molecular weight is 415 g/mol. The number of benzene rings is 3. The molecule has 0 fully saturated rings. The molecule has 0 saturated heterocycles. The summed E-state index contributed by atoms with van der Waals surface area (Å²) in [6.07, 6.45) is 0. The SMILES string of the molecule is COc1ccc(OCc2nc3ccccc3n2CC(=O)N(C)Cc2ccccc2)cc1. The lowest BCUT2D eigenvalue weighted by molar-refractivity contribution is -0.131. The standard InChI is InChI=1S/C25H25N3O3/c1-27(16-19-8-4-3-5-9-19)25(29)17-28-23-11-7-6-10-22(23)26-24(28)18-31-21-14-12-20(30-2)13-15-21/h3-15H,16-18H2,1-2H3. The number of carbonyl (C=O) groups is 1. The Hall–Kier alpha value is -3.80. The van der Waals surface area contributed by atoms with E-state index in [2.05, 4.69) is 0 Å². The van der Waals surface area contributed by atoms with Gasteiger partial charge < -0.3 is 18.9 Å². The minimum absolute atomic E-state index is 0.0118. The molecule has 1 heterocycles. The summed E-state index contributed by atoms with van der Waals surface area (Å²) in [6, 6.07) is 25.2. The molecule has 0 radical (unpaired) electrons. The Bertz CT molecular complexity index is 1150. The number of methoxy groups -OCH3 is 1. The number of carbonyl (C=O) groups excluding carboxylic acids is 1. The molecule has 6 heteroatoms. The topological polar surface area (TPSA) is 56.6 Å². The highest BCUT2D eigenvalue weighted by molar-refractivity contribution is 5.81. The molecule has 0 unspecified atom stereocenters. The second-order valence-corrected chi connectivity index (χ2v) is 7.30. The highest BCUT2D eigenvalue weighted by Crippen LogP contribution is 2.21. The fourth-order valence-electron chi connectivity index (χ4n) is 3.43. The molecule has 0 saturated carbocycles. The third-order valence-corrected chi connectivity index (χ3v) is 5.14. The van der Waals surface area contributed by atoms with Crippen molar-refractivity contribution >= 4 is 16.9 Å². The van der Waals surface area contributed by atoms with Crippen molar-refractivity contribution in [2.45, 2.75) is 19.7 Å². The van der Waals surface area contributed by atoms with Crippen LogP contribution in [0.5, 0.6) is 11.5 Å². The number of amides is 1. The molecule has 0 aliphatic heterocycles. The van der Waals surface area contributed by atoms with Gasteiger partial charge in [0.25, 0.3) is 0 Å².